The number of hydrogen-bond donors (Lipinski definition) is 0. The summed E-state index contributed by atoms with van der Waals surface area (Å²) in [5.74, 6) is 0.00846. The lowest BCUT2D eigenvalue weighted by Crippen LogP contribution is -2.24. The number of carbonyl (C=O) groups excluding carboxylic acids is 1. The highest BCUT2D eigenvalue weighted by Gasteiger charge is 2.38. The van der Waals surface area contributed by atoms with Crippen LogP contribution in [0.1, 0.15) is 29.8 Å². The molecule has 3 heterocycles. The molecule has 0 unspecified atom stereocenters. The van der Waals surface area contributed by atoms with Crippen LogP contribution in [0.2, 0.25) is 0 Å². The lowest BCUT2D eigenvalue weighted by Gasteiger charge is -2.24. The highest BCUT2D eigenvalue weighted by molar-refractivity contribution is 7.13. The second kappa shape index (κ2) is 6.92. The number of likely N-dealkylation sites (N-methyl/N-ethyl adjacent to an activating group) is 1. The Bertz CT molecular complexity index is 1300. The first-order valence-corrected chi connectivity index (χ1v) is 10.9. The van der Waals surface area contributed by atoms with Crippen LogP contribution in [-0.4, -0.2) is 17.8 Å². The van der Waals surface area contributed by atoms with Crippen molar-refractivity contribution < 1.29 is 4.79 Å². The van der Waals surface area contributed by atoms with Gasteiger partial charge in [0.25, 0.3) is 0 Å². The first-order chi connectivity index (χ1) is 14.5. The van der Waals surface area contributed by atoms with Crippen LogP contribution < -0.4 is 4.90 Å². The first-order valence-electron chi connectivity index (χ1n) is 10.0. The predicted octanol–water partition coefficient (Wildman–Crippen LogP) is 6.46. The Hall–Kier alpha value is -3.24. The Labute approximate surface area is 180 Å². The molecule has 0 bridgehead atoms. The zero-order valence-corrected chi connectivity index (χ0v) is 18.0. The maximum absolute atomic E-state index is 13.6. The molecule has 148 valence electrons. The van der Waals surface area contributed by atoms with Gasteiger partial charge in [-0.3, -0.25) is 4.79 Å². The third kappa shape index (κ3) is 2.87. The minimum Gasteiger partial charge on any atom is -0.347 e. The third-order valence-electron chi connectivity index (χ3n) is 5.96. The smallest absolute Gasteiger partial charge is 0.188 e. The molecule has 1 aliphatic heterocycles. The molecule has 0 fully saturated rings. The number of benzene rings is 2. The number of rotatable bonds is 3. The van der Waals surface area contributed by atoms with E-state index < -0.39 is 0 Å². The number of nitrogens with zero attached hydrogens (tertiary/aromatic N) is 2. The van der Waals surface area contributed by atoms with Crippen LogP contribution in [0.5, 0.6) is 0 Å². The molecule has 0 saturated carbocycles. The van der Waals surface area contributed by atoms with Crippen molar-refractivity contribution in [3.63, 3.8) is 0 Å². The zero-order chi connectivity index (χ0) is 20.9. The number of thiophene rings is 1. The molecule has 0 saturated heterocycles. The second-order valence-electron chi connectivity index (χ2n) is 8.14. The van der Waals surface area contributed by atoms with Crippen molar-refractivity contribution in [2.24, 2.45) is 0 Å². The average molecular weight is 411 g/mol. The van der Waals surface area contributed by atoms with Crippen molar-refractivity contribution >= 4 is 33.7 Å². The van der Waals surface area contributed by atoms with E-state index in [0.29, 0.717) is 5.56 Å². The van der Waals surface area contributed by atoms with Gasteiger partial charge in [-0.15, -0.1) is 11.3 Å². The first kappa shape index (κ1) is 18.8. The minimum atomic E-state index is -0.236. The van der Waals surface area contributed by atoms with Gasteiger partial charge in [0.05, 0.1) is 16.1 Å². The van der Waals surface area contributed by atoms with Gasteiger partial charge in [0.1, 0.15) is 0 Å². The van der Waals surface area contributed by atoms with Crippen molar-refractivity contribution in [3.8, 4) is 10.6 Å². The lowest BCUT2D eigenvalue weighted by atomic mass is 9.83. The van der Waals surface area contributed by atoms with Gasteiger partial charge in [0.2, 0.25) is 0 Å². The monoisotopic (exact) mass is 410 g/mol. The maximum Gasteiger partial charge on any atom is 0.188 e. The molecule has 2 aromatic carbocycles. The number of aromatic nitrogens is 1. The third-order valence-corrected chi connectivity index (χ3v) is 6.86. The Kier molecular flexibility index (Phi) is 4.33. The predicted molar refractivity (Wildman–Crippen MR) is 125 cm³/mol. The molecule has 30 heavy (non-hydrogen) atoms. The van der Waals surface area contributed by atoms with Crippen LogP contribution in [0.3, 0.4) is 0 Å². The molecular weight excluding hydrogens is 388 g/mol. The van der Waals surface area contributed by atoms with E-state index in [-0.39, 0.29) is 11.2 Å². The summed E-state index contributed by atoms with van der Waals surface area (Å²) in [6, 6.07) is 22.2. The number of para-hydroxylation sites is 2. The van der Waals surface area contributed by atoms with E-state index in [2.05, 4.69) is 36.9 Å². The SMILES string of the molecule is CN1/C(=C/C(=O)c2cc(-c3cccs3)nc3ccccc23)C(C)(C)c2ccccc21. The topological polar surface area (TPSA) is 33.2 Å². The molecule has 0 radical (unpaired) electrons. The highest BCUT2D eigenvalue weighted by atomic mass is 32.1. The Morgan fingerprint density at radius 1 is 1.03 bits per heavy atom. The molecule has 5 rings (SSSR count). The Morgan fingerprint density at radius 3 is 2.57 bits per heavy atom. The number of ketones is 1. The minimum absolute atomic E-state index is 0.00846. The summed E-state index contributed by atoms with van der Waals surface area (Å²) in [5, 5.41) is 2.92. The van der Waals surface area contributed by atoms with E-state index >= 15 is 0 Å². The fraction of sp³-hybridized carbons (Fsp3) is 0.154. The van der Waals surface area contributed by atoms with Gasteiger partial charge >= 0.3 is 0 Å². The van der Waals surface area contributed by atoms with Crippen molar-refractivity contribution in [1.29, 1.82) is 0 Å². The molecule has 1 aliphatic rings. The summed E-state index contributed by atoms with van der Waals surface area (Å²) >= 11 is 1.63. The van der Waals surface area contributed by atoms with E-state index in [1.54, 1.807) is 17.4 Å². The average Bonchev–Trinajstić information content (AvgIpc) is 3.36. The van der Waals surface area contributed by atoms with Gasteiger partial charge in [-0.25, -0.2) is 4.98 Å². The summed E-state index contributed by atoms with van der Waals surface area (Å²) in [7, 11) is 2.04. The van der Waals surface area contributed by atoms with Crippen LogP contribution in [0.25, 0.3) is 21.5 Å². The van der Waals surface area contributed by atoms with Crippen LogP contribution in [-0.2, 0) is 5.41 Å². The fourth-order valence-corrected chi connectivity index (χ4v) is 5.08. The Balaban J connectivity index is 1.66. The van der Waals surface area contributed by atoms with E-state index in [1.807, 2.05) is 61.0 Å². The van der Waals surface area contributed by atoms with Gasteiger partial charge in [-0.1, -0.05) is 56.3 Å². The summed E-state index contributed by atoms with van der Waals surface area (Å²) in [5.41, 5.74) is 5.54. The second-order valence-corrected chi connectivity index (χ2v) is 9.09. The molecule has 0 spiro atoms. The van der Waals surface area contributed by atoms with Crippen LogP contribution in [0.15, 0.2) is 83.9 Å². The number of carbonyl (C=O) groups is 1. The molecule has 3 nitrogen and oxygen atoms in total. The van der Waals surface area contributed by atoms with Gasteiger partial charge in [-0.2, -0.15) is 0 Å². The number of fused-ring (bicyclic) bond motifs is 2. The molecule has 0 aliphatic carbocycles. The standard InChI is InChI=1S/C26H22N2OS/c1-26(2)19-10-5-7-12-22(19)28(3)25(26)16-23(29)18-15-21(24-13-8-14-30-24)27-20-11-6-4-9-17(18)20/h4-16H,1-3H3/b25-16+. The maximum atomic E-state index is 13.6. The van der Waals surface area contributed by atoms with Crippen molar-refractivity contribution in [3.05, 3.63) is 95.0 Å². The summed E-state index contributed by atoms with van der Waals surface area (Å²) in [6.45, 7) is 4.35. The molecular formula is C26H22N2OS. The summed E-state index contributed by atoms with van der Waals surface area (Å²) in [4.78, 5) is 21.6. The van der Waals surface area contributed by atoms with E-state index in [1.165, 1.54) is 5.56 Å². The van der Waals surface area contributed by atoms with Crippen molar-refractivity contribution in [1.82, 2.24) is 4.98 Å². The molecule has 4 heteroatoms. The molecule has 0 amide bonds. The van der Waals surface area contributed by atoms with E-state index in [9.17, 15) is 4.79 Å². The molecule has 2 aromatic heterocycles. The number of allylic oxidation sites excluding steroid dienone is 2. The highest BCUT2D eigenvalue weighted by Crippen LogP contribution is 2.46. The fourth-order valence-electron chi connectivity index (χ4n) is 4.39. The van der Waals surface area contributed by atoms with Gasteiger partial charge < -0.3 is 4.90 Å². The molecule has 0 N–H and O–H groups in total. The van der Waals surface area contributed by atoms with Crippen LogP contribution in [0, 0.1) is 0 Å². The van der Waals surface area contributed by atoms with Crippen LogP contribution in [0.4, 0.5) is 5.69 Å². The van der Waals surface area contributed by atoms with Crippen molar-refractivity contribution in [2.75, 3.05) is 11.9 Å². The van der Waals surface area contributed by atoms with E-state index in [0.717, 1.165) is 32.9 Å². The largest absolute Gasteiger partial charge is 0.347 e. The number of pyridine rings is 1. The Morgan fingerprint density at radius 2 is 1.80 bits per heavy atom. The zero-order valence-electron chi connectivity index (χ0n) is 17.2. The van der Waals surface area contributed by atoms with Gasteiger partial charge in [0, 0.05) is 40.9 Å². The number of hydrogen-bond acceptors (Lipinski definition) is 4. The quantitative estimate of drug-likeness (QED) is 0.287. The van der Waals surface area contributed by atoms with Crippen molar-refractivity contribution in [2.45, 2.75) is 19.3 Å². The number of anilines is 1. The summed E-state index contributed by atoms with van der Waals surface area (Å²) in [6.07, 6.45) is 1.81. The molecule has 4 aromatic rings. The van der Waals surface area contributed by atoms with Gasteiger partial charge in [0.15, 0.2) is 5.78 Å². The molecule has 0 atom stereocenters. The lowest BCUT2D eigenvalue weighted by molar-refractivity contribution is 0.104. The summed E-state index contributed by atoms with van der Waals surface area (Å²) < 4.78 is 0. The van der Waals surface area contributed by atoms with Gasteiger partial charge in [-0.05, 0) is 35.2 Å². The van der Waals surface area contributed by atoms with Crippen LogP contribution >= 0.6 is 11.3 Å². The van der Waals surface area contributed by atoms with E-state index in [4.69, 9.17) is 4.98 Å². The normalized spacial score (nSPS) is 16.2.